The number of carboxylic acids is 2. The molecule has 14 heteroatoms. The molecule has 0 aliphatic carbocycles. The minimum Gasteiger partial charge on any atom is -0.481 e. The van der Waals surface area contributed by atoms with Gasteiger partial charge in [0, 0.05) is 12.2 Å². The highest BCUT2D eigenvalue weighted by Gasteiger charge is 2.26. The summed E-state index contributed by atoms with van der Waals surface area (Å²) in [5.74, 6) is -6.24. The lowest BCUT2D eigenvalue weighted by Gasteiger charge is -2.20. The van der Waals surface area contributed by atoms with E-state index in [2.05, 4.69) is 23.3 Å². The van der Waals surface area contributed by atoms with E-state index in [-0.39, 0.29) is 18.6 Å². The largest absolute Gasteiger partial charge is 0.481 e. The number of primary amides is 1. The number of hydrogen-bond donors (Lipinski definition) is 8. The number of amides is 4. The third-order valence-electron chi connectivity index (χ3n) is 3.28. The monoisotopic (exact) mass is 421 g/mol. The first-order valence-electron chi connectivity index (χ1n) is 7.94. The van der Waals surface area contributed by atoms with Crippen LogP contribution in [0.3, 0.4) is 0 Å². The van der Waals surface area contributed by atoms with Gasteiger partial charge in [0.05, 0.1) is 19.0 Å². The zero-order valence-corrected chi connectivity index (χ0v) is 15.6. The number of carbonyl (C=O) groups excluding carboxylic acids is 4. The van der Waals surface area contributed by atoms with Gasteiger partial charge in [0.1, 0.15) is 12.1 Å². The first kappa shape index (κ1) is 25.1. The fraction of sp³-hybridized carbons (Fsp3) is 0.571. The van der Waals surface area contributed by atoms with Crippen LogP contribution in [0.4, 0.5) is 0 Å². The average molecular weight is 421 g/mol. The van der Waals surface area contributed by atoms with Crippen molar-refractivity contribution in [1.82, 2.24) is 16.0 Å². The number of carbonyl (C=O) groups is 6. The Bertz CT molecular complexity index is 629. The fourth-order valence-electron chi connectivity index (χ4n) is 1.83. The van der Waals surface area contributed by atoms with Crippen LogP contribution in [-0.2, 0) is 28.8 Å². The Morgan fingerprint density at radius 1 is 0.964 bits per heavy atom. The normalized spacial score (nSPS) is 13.5. The highest BCUT2D eigenvalue weighted by atomic mass is 32.1. The van der Waals surface area contributed by atoms with E-state index in [1.165, 1.54) is 0 Å². The van der Waals surface area contributed by atoms with Crippen molar-refractivity contribution in [2.75, 3.05) is 12.3 Å². The van der Waals surface area contributed by atoms with E-state index in [0.29, 0.717) is 0 Å². The summed E-state index contributed by atoms with van der Waals surface area (Å²) >= 11 is 3.85. The van der Waals surface area contributed by atoms with Gasteiger partial charge >= 0.3 is 11.9 Å². The van der Waals surface area contributed by atoms with Crippen molar-refractivity contribution in [3.05, 3.63) is 0 Å². The average Bonchev–Trinajstić information content (AvgIpc) is 2.60. The van der Waals surface area contributed by atoms with Crippen LogP contribution in [0.2, 0.25) is 0 Å². The Morgan fingerprint density at radius 3 is 2.04 bits per heavy atom. The molecule has 0 aliphatic heterocycles. The maximum absolute atomic E-state index is 12.2. The molecule has 3 atom stereocenters. The zero-order chi connectivity index (χ0) is 21.9. The molecule has 158 valence electrons. The zero-order valence-electron chi connectivity index (χ0n) is 14.7. The molecular weight excluding hydrogens is 398 g/mol. The molecule has 0 saturated carbocycles. The molecule has 0 aromatic heterocycles. The van der Waals surface area contributed by atoms with E-state index >= 15 is 0 Å². The minimum absolute atomic E-state index is 0.00144. The Morgan fingerprint density at radius 2 is 1.57 bits per heavy atom. The summed E-state index contributed by atoms with van der Waals surface area (Å²) in [6, 6.07) is -3.92. The second kappa shape index (κ2) is 12.5. The molecule has 0 aromatic carbocycles. The maximum Gasteiger partial charge on any atom is 0.326 e. The molecule has 0 saturated heterocycles. The number of nitrogens with one attached hydrogen (secondary N) is 3. The number of rotatable bonds is 13. The van der Waals surface area contributed by atoms with Crippen molar-refractivity contribution in [3.8, 4) is 0 Å². The van der Waals surface area contributed by atoms with E-state index in [4.69, 9.17) is 21.7 Å². The second-order valence-electron chi connectivity index (χ2n) is 5.63. The summed E-state index contributed by atoms with van der Waals surface area (Å²) in [6.45, 7) is -0.691. The van der Waals surface area contributed by atoms with Gasteiger partial charge in [-0.05, 0) is 6.42 Å². The fourth-order valence-corrected chi connectivity index (χ4v) is 1.99. The maximum atomic E-state index is 12.2. The molecule has 13 nitrogen and oxygen atoms in total. The van der Waals surface area contributed by atoms with Crippen LogP contribution in [-0.4, -0.2) is 76.2 Å². The van der Waals surface area contributed by atoms with Crippen LogP contribution in [0.1, 0.15) is 19.3 Å². The molecule has 28 heavy (non-hydrogen) atoms. The van der Waals surface area contributed by atoms with Crippen LogP contribution in [0.15, 0.2) is 0 Å². The van der Waals surface area contributed by atoms with Crippen LogP contribution in [0.25, 0.3) is 0 Å². The van der Waals surface area contributed by atoms with Crippen molar-refractivity contribution in [2.24, 2.45) is 11.5 Å². The molecular formula is C14H23N5O8S. The van der Waals surface area contributed by atoms with Gasteiger partial charge in [0.15, 0.2) is 0 Å². The Hall–Kier alpha value is -2.87. The SMILES string of the molecule is NC(=O)CCC(NC(=O)C(N)CS)C(=O)NCC(=O)NC(CC(=O)O)C(=O)O. The number of hydrogen-bond acceptors (Lipinski definition) is 8. The first-order valence-corrected chi connectivity index (χ1v) is 8.57. The number of carboxylic acid groups (broad SMARTS) is 2. The van der Waals surface area contributed by atoms with Gasteiger partial charge < -0.3 is 37.6 Å². The van der Waals surface area contributed by atoms with E-state index < -0.39 is 66.7 Å². The van der Waals surface area contributed by atoms with Crippen molar-refractivity contribution < 1.29 is 39.0 Å². The van der Waals surface area contributed by atoms with Gasteiger partial charge in [0.2, 0.25) is 23.6 Å². The topological polar surface area (TPSA) is 231 Å². The van der Waals surface area contributed by atoms with Crippen LogP contribution >= 0.6 is 12.6 Å². The Kier molecular flexibility index (Phi) is 11.2. The molecule has 4 amide bonds. The van der Waals surface area contributed by atoms with Gasteiger partial charge in [-0.15, -0.1) is 0 Å². The molecule has 0 spiro atoms. The number of thiol groups is 1. The van der Waals surface area contributed by atoms with Crippen LogP contribution < -0.4 is 27.4 Å². The summed E-state index contributed by atoms with van der Waals surface area (Å²) in [6.07, 6.45) is -1.25. The second-order valence-corrected chi connectivity index (χ2v) is 5.99. The summed E-state index contributed by atoms with van der Waals surface area (Å²) < 4.78 is 0. The van der Waals surface area contributed by atoms with Gasteiger partial charge in [0.25, 0.3) is 0 Å². The predicted molar refractivity (Wildman–Crippen MR) is 97.0 cm³/mol. The van der Waals surface area contributed by atoms with Crippen molar-refractivity contribution >= 4 is 48.2 Å². The minimum atomic E-state index is -1.68. The highest BCUT2D eigenvalue weighted by molar-refractivity contribution is 7.80. The molecule has 9 N–H and O–H groups in total. The first-order chi connectivity index (χ1) is 13.0. The van der Waals surface area contributed by atoms with Crippen molar-refractivity contribution in [3.63, 3.8) is 0 Å². The van der Waals surface area contributed by atoms with Gasteiger partial charge in [-0.3, -0.25) is 24.0 Å². The lowest BCUT2D eigenvalue weighted by atomic mass is 10.1. The lowest BCUT2D eigenvalue weighted by molar-refractivity contribution is -0.147. The number of aliphatic carboxylic acids is 2. The molecule has 0 aliphatic rings. The summed E-state index contributed by atoms with van der Waals surface area (Å²) in [5.41, 5.74) is 10.5. The van der Waals surface area contributed by atoms with E-state index in [1.54, 1.807) is 0 Å². The van der Waals surface area contributed by atoms with Crippen LogP contribution in [0.5, 0.6) is 0 Å². The third kappa shape index (κ3) is 10.3. The van der Waals surface area contributed by atoms with E-state index in [9.17, 15) is 28.8 Å². The van der Waals surface area contributed by atoms with Gasteiger partial charge in [-0.2, -0.15) is 12.6 Å². The van der Waals surface area contributed by atoms with Crippen LogP contribution in [0, 0.1) is 0 Å². The molecule has 0 aromatic rings. The molecule has 0 radical (unpaired) electrons. The quantitative estimate of drug-likeness (QED) is 0.136. The van der Waals surface area contributed by atoms with E-state index in [1.807, 2.05) is 5.32 Å². The smallest absolute Gasteiger partial charge is 0.326 e. The summed E-state index contributed by atoms with van der Waals surface area (Å²) in [4.78, 5) is 68.1. The van der Waals surface area contributed by atoms with Crippen molar-refractivity contribution in [2.45, 2.75) is 37.4 Å². The molecule has 0 rings (SSSR count). The van der Waals surface area contributed by atoms with Crippen molar-refractivity contribution in [1.29, 1.82) is 0 Å². The van der Waals surface area contributed by atoms with Gasteiger partial charge in [-0.1, -0.05) is 0 Å². The predicted octanol–water partition coefficient (Wildman–Crippen LogP) is -3.85. The Balaban J connectivity index is 4.84. The molecule has 0 bridgehead atoms. The number of nitrogens with two attached hydrogens (primary N) is 2. The van der Waals surface area contributed by atoms with Gasteiger partial charge in [-0.25, -0.2) is 4.79 Å². The molecule has 0 fully saturated rings. The molecule has 3 unspecified atom stereocenters. The third-order valence-corrected chi connectivity index (χ3v) is 3.67. The van der Waals surface area contributed by atoms with E-state index in [0.717, 1.165) is 0 Å². The lowest BCUT2D eigenvalue weighted by Crippen LogP contribution is -2.54. The Labute approximate surface area is 165 Å². The molecule has 0 heterocycles. The summed E-state index contributed by atoms with van der Waals surface area (Å²) in [7, 11) is 0. The highest BCUT2D eigenvalue weighted by Crippen LogP contribution is 1.99. The standard InChI is InChI=1S/C14H23N5O8S/c15-6(5-28)12(24)19-7(1-2-9(16)20)13(25)17-4-10(21)18-8(14(26)27)3-11(22)23/h6-8,28H,1-5,15H2,(H2,16,20)(H,17,25)(H,18,21)(H,19,24)(H,22,23)(H,26,27). The summed E-state index contributed by atoms with van der Waals surface area (Å²) in [5, 5.41) is 23.8.